The first kappa shape index (κ1) is 39.5. The van der Waals surface area contributed by atoms with Crippen LogP contribution in [0.3, 0.4) is 0 Å². The molecule has 0 bridgehead atoms. The van der Waals surface area contributed by atoms with Gasteiger partial charge in [0.2, 0.25) is 0 Å². The molecule has 0 aliphatic heterocycles. The Hall–Kier alpha value is -2.64. The normalized spacial score (nSPS) is 12.7. The predicted octanol–water partition coefficient (Wildman–Crippen LogP) is 10.3. The van der Waals surface area contributed by atoms with Crippen molar-refractivity contribution in [2.24, 2.45) is 10.8 Å². The fraction of sp³-hybridized carbons (Fsp3) is 0.400. The van der Waals surface area contributed by atoms with E-state index in [0.29, 0.717) is 0 Å². The fourth-order valence-corrected chi connectivity index (χ4v) is 6.96. The third kappa shape index (κ3) is 9.93. The molecule has 1 aromatic heterocycles. The first-order valence-electron chi connectivity index (χ1n) is 16.3. The summed E-state index contributed by atoms with van der Waals surface area (Å²) in [6.07, 6.45) is 2.99. The van der Waals surface area contributed by atoms with Crippen LogP contribution in [-0.2, 0) is 24.9 Å². The summed E-state index contributed by atoms with van der Waals surface area (Å²) >= 11 is 0. The zero-order valence-corrected chi connectivity index (χ0v) is 34.5. The number of rotatable bonds is 9. The molecule has 0 unspecified atom stereocenters. The van der Waals surface area contributed by atoms with Gasteiger partial charge in [0.15, 0.2) is 5.78 Å². The maximum atomic E-state index is 11.8. The number of nitrogens with zero attached hydrogens (tertiary/aromatic N) is 1. The minimum absolute atomic E-state index is 0. The second-order valence-electron chi connectivity index (χ2n) is 15.5. The van der Waals surface area contributed by atoms with E-state index in [2.05, 4.69) is 118 Å². The quantitative estimate of drug-likeness (QED) is 0.0792. The van der Waals surface area contributed by atoms with E-state index in [1.54, 1.807) is 0 Å². The van der Waals surface area contributed by atoms with Gasteiger partial charge in [-0.25, -0.2) is 0 Å². The van der Waals surface area contributed by atoms with Gasteiger partial charge in [0.05, 0.1) is 21.7 Å². The van der Waals surface area contributed by atoms with Crippen molar-refractivity contribution in [1.29, 1.82) is 0 Å². The summed E-state index contributed by atoms with van der Waals surface area (Å²) in [5, 5.41) is 14.0. The van der Waals surface area contributed by atoms with Gasteiger partial charge in [-0.15, -0.1) is 35.0 Å². The largest absolute Gasteiger partial charge is 0.512 e. The second kappa shape index (κ2) is 15.5. The first-order chi connectivity index (χ1) is 20.8. The molecule has 1 heterocycles. The van der Waals surface area contributed by atoms with Gasteiger partial charge in [0.1, 0.15) is 5.76 Å². The van der Waals surface area contributed by atoms with Crippen molar-refractivity contribution in [3.8, 4) is 22.4 Å². The molecule has 3 aromatic carbocycles. The van der Waals surface area contributed by atoms with Gasteiger partial charge < -0.3 is 5.11 Å². The van der Waals surface area contributed by atoms with E-state index in [0.717, 1.165) is 29.6 Å². The van der Waals surface area contributed by atoms with E-state index in [1.807, 2.05) is 41.5 Å². The van der Waals surface area contributed by atoms with Gasteiger partial charge in [-0.05, 0) is 35.7 Å². The van der Waals surface area contributed by atoms with E-state index in [-0.39, 0.29) is 42.5 Å². The van der Waals surface area contributed by atoms with Crippen molar-refractivity contribution in [3.05, 3.63) is 90.7 Å². The molecule has 1 N–H and O–H groups in total. The van der Waals surface area contributed by atoms with Crippen LogP contribution < -0.4 is 10.4 Å². The standard InChI is InChI=1S/C27H30NSi2.C13H24O2.Ir/c1-29(2,3)22-14-10-13-21(17-22)27-19-24(20-11-8-7-9-12-20)25-18-23(30(4,5)6)15-16-26(25)28-27;1-7-12(3,4)10(14)9-11(15)13(5,6)8-2;/h7-12,14-19H,1-6H3;9,14H,7-8H2,1-6H3;/q-1;;/b;10-9-;. The average Bonchev–Trinajstić information content (AvgIpc) is 3.00. The number of hydrogen-bond donors (Lipinski definition) is 1. The van der Waals surface area contributed by atoms with Crippen molar-refractivity contribution < 1.29 is 30.0 Å². The third-order valence-corrected chi connectivity index (χ3v) is 13.2. The SMILES string of the molecule is CCC(C)(C)C(=O)/C=C(\O)C(C)(C)CC.C[Si](C)(C)c1cc[c-]c(-c2cc(-c3ccccc3)c3cc([Si](C)(C)C)ccc3n2)c1.[Ir]. The number of aliphatic hydroxyl groups is 1. The molecule has 46 heavy (non-hydrogen) atoms. The summed E-state index contributed by atoms with van der Waals surface area (Å²) in [6, 6.07) is 29.8. The molecule has 6 heteroatoms. The van der Waals surface area contributed by atoms with Crippen molar-refractivity contribution in [1.82, 2.24) is 4.98 Å². The van der Waals surface area contributed by atoms with Crippen LogP contribution >= 0.6 is 0 Å². The topological polar surface area (TPSA) is 50.2 Å². The predicted molar refractivity (Wildman–Crippen MR) is 201 cm³/mol. The third-order valence-electron chi connectivity index (χ3n) is 9.10. The number of fused-ring (bicyclic) bond motifs is 1. The monoisotopic (exact) mass is 829 g/mol. The molecule has 0 amide bonds. The summed E-state index contributed by atoms with van der Waals surface area (Å²) < 4.78 is 0. The average molecular weight is 829 g/mol. The Balaban J connectivity index is 0.000000394. The van der Waals surface area contributed by atoms with E-state index < -0.39 is 16.1 Å². The molecule has 0 atom stereocenters. The van der Waals surface area contributed by atoms with Crippen LogP contribution in [0.4, 0.5) is 0 Å². The Morgan fingerprint density at radius 1 is 0.804 bits per heavy atom. The number of pyridine rings is 1. The molecular formula is C40H54IrNO2Si2-. The summed E-state index contributed by atoms with van der Waals surface area (Å²) in [6.45, 7) is 26.0. The Kier molecular flexibility index (Phi) is 13.3. The molecule has 0 saturated heterocycles. The maximum Gasteiger partial charge on any atom is 0.164 e. The summed E-state index contributed by atoms with van der Waals surface area (Å²) in [5.41, 5.74) is 4.95. The van der Waals surface area contributed by atoms with Crippen LogP contribution in [0.15, 0.2) is 84.6 Å². The Morgan fingerprint density at radius 3 is 1.91 bits per heavy atom. The van der Waals surface area contributed by atoms with Gasteiger partial charge in [-0.2, -0.15) is 0 Å². The van der Waals surface area contributed by atoms with Gasteiger partial charge in [-0.1, -0.05) is 135 Å². The smallest absolute Gasteiger partial charge is 0.164 e. The molecular weight excluding hydrogens is 775 g/mol. The van der Waals surface area contributed by atoms with Gasteiger partial charge in [0, 0.05) is 42.4 Å². The second-order valence-corrected chi connectivity index (χ2v) is 25.7. The van der Waals surface area contributed by atoms with E-state index in [9.17, 15) is 9.90 Å². The molecule has 0 fully saturated rings. The molecule has 1 radical (unpaired) electrons. The van der Waals surface area contributed by atoms with E-state index in [1.165, 1.54) is 33.0 Å². The van der Waals surface area contributed by atoms with E-state index >= 15 is 0 Å². The van der Waals surface area contributed by atoms with Crippen LogP contribution in [0.5, 0.6) is 0 Å². The van der Waals surface area contributed by atoms with Crippen molar-refractivity contribution in [2.75, 3.05) is 0 Å². The Labute approximate surface area is 294 Å². The van der Waals surface area contributed by atoms with Crippen molar-refractivity contribution in [3.63, 3.8) is 0 Å². The summed E-state index contributed by atoms with van der Waals surface area (Å²) in [4.78, 5) is 16.9. The van der Waals surface area contributed by atoms with Crippen molar-refractivity contribution in [2.45, 2.75) is 93.7 Å². The Bertz CT molecular complexity index is 1660. The molecule has 0 spiro atoms. The van der Waals surface area contributed by atoms with Crippen molar-refractivity contribution >= 4 is 43.2 Å². The van der Waals surface area contributed by atoms with Crippen LogP contribution in [0, 0.1) is 16.9 Å². The molecule has 0 saturated carbocycles. The zero-order chi connectivity index (χ0) is 33.8. The zero-order valence-electron chi connectivity index (χ0n) is 30.1. The number of carbonyl (C=O) groups is 1. The minimum atomic E-state index is -1.41. The molecule has 3 nitrogen and oxygen atoms in total. The number of aliphatic hydroxyl groups excluding tert-OH is 1. The number of benzene rings is 3. The molecule has 4 aromatic rings. The first-order valence-corrected chi connectivity index (χ1v) is 23.3. The molecule has 0 aliphatic carbocycles. The number of ketones is 1. The van der Waals surface area contributed by atoms with E-state index in [4.69, 9.17) is 4.98 Å². The van der Waals surface area contributed by atoms with Crippen LogP contribution in [0.25, 0.3) is 33.3 Å². The number of hydrogen-bond acceptors (Lipinski definition) is 3. The molecule has 249 valence electrons. The summed E-state index contributed by atoms with van der Waals surface area (Å²) in [5.74, 6) is 0.195. The molecule has 0 aliphatic rings. The van der Waals surface area contributed by atoms with Gasteiger partial charge >= 0.3 is 0 Å². The summed E-state index contributed by atoms with van der Waals surface area (Å²) in [7, 11) is -2.81. The molecule has 4 rings (SSSR count). The number of carbonyl (C=O) groups excluding carboxylic acids is 1. The maximum absolute atomic E-state index is 11.8. The van der Waals surface area contributed by atoms with Gasteiger partial charge in [0.25, 0.3) is 0 Å². The van der Waals surface area contributed by atoms with Crippen LogP contribution in [-0.4, -0.2) is 32.0 Å². The minimum Gasteiger partial charge on any atom is -0.512 e. The fourth-order valence-electron chi connectivity index (χ4n) is 4.64. The van der Waals surface area contributed by atoms with Crippen LogP contribution in [0.2, 0.25) is 39.3 Å². The van der Waals surface area contributed by atoms with Gasteiger partial charge in [-0.3, -0.25) is 9.78 Å². The Morgan fingerprint density at radius 2 is 1.37 bits per heavy atom. The number of allylic oxidation sites excluding steroid dienone is 2. The van der Waals surface area contributed by atoms with Crippen LogP contribution in [0.1, 0.15) is 54.4 Å². The number of aromatic nitrogens is 1.